The van der Waals surface area contributed by atoms with Gasteiger partial charge in [0.05, 0.1) is 0 Å². The zero-order chi connectivity index (χ0) is 20.4. The smallest absolute Gasteiger partial charge is 0.345 e. The van der Waals surface area contributed by atoms with Gasteiger partial charge in [-0.05, 0) is 37.6 Å². The highest BCUT2D eigenvalue weighted by atomic mass is 19.2. The first-order valence-electron chi connectivity index (χ1n) is 7.74. The number of carbonyl (C=O) groups excluding carboxylic acids is 1. The van der Waals surface area contributed by atoms with E-state index in [-0.39, 0.29) is 5.75 Å². The van der Waals surface area contributed by atoms with Gasteiger partial charge in [0.15, 0.2) is 11.6 Å². The van der Waals surface area contributed by atoms with Crippen LogP contribution in [0.3, 0.4) is 0 Å². The van der Waals surface area contributed by atoms with E-state index in [9.17, 15) is 22.4 Å². The molecule has 0 aliphatic heterocycles. The van der Waals surface area contributed by atoms with Gasteiger partial charge >= 0.3 is 5.97 Å². The van der Waals surface area contributed by atoms with Crippen molar-refractivity contribution >= 4 is 12.0 Å². The Morgan fingerprint density at radius 1 is 0.963 bits per heavy atom. The molecule has 0 atom stereocenters. The average Bonchev–Trinajstić information content (AvgIpc) is 2.64. The third-order valence-corrected chi connectivity index (χ3v) is 3.61. The summed E-state index contributed by atoms with van der Waals surface area (Å²) in [4.78, 5) is 12.0. The molecular weight excluding hydrogens is 364 g/mol. The fourth-order valence-electron chi connectivity index (χ4n) is 2.00. The summed E-state index contributed by atoms with van der Waals surface area (Å²) in [6.07, 6.45) is 2.72. The molecule has 0 spiro atoms. The van der Waals surface area contributed by atoms with Crippen molar-refractivity contribution in [2.24, 2.45) is 0 Å². The van der Waals surface area contributed by atoms with Crippen LogP contribution in [0.25, 0.3) is 6.08 Å². The van der Waals surface area contributed by atoms with E-state index in [1.165, 1.54) is 50.3 Å². The Morgan fingerprint density at radius 3 is 1.93 bits per heavy atom. The molecule has 2 rings (SSSR count). The lowest BCUT2D eigenvalue weighted by atomic mass is 10.1. The van der Waals surface area contributed by atoms with Gasteiger partial charge in [0.1, 0.15) is 16.9 Å². The summed E-state index contributed by atoms with van der Waals surface area (Å²) in [5.74, 6) is -10.5. The predicted molar refractivity (Wildman–Crippen MR) is 92.6 cm³/mol. The first-order valence-corrected chi connectivity index (χ1v) is 7.74. The lowest BCUT2D eigenvalue weighted by Crippen LogP contribution is -2.27. The Labute approximate surface area is 153 Å². The van der Waals surface area contributed by atoms with E-state index < -0.39 is 46.2 Å². The highest BCUT2D eigenvalue weighted by Crippen LogP contribution is 2.34. The van der Waals surface area contributed by atoms with Gasteiger partial charge in [-0.25, -0.2) is 13.6 Å². The molecule has 0 bridgehead atoms. The number of carbonyl (C=O) groups is 1. The van der Waals surface area contributed by atoms with Gasteiger partial charge in [0, 0.05) is 0 Å². The fourth-order valence-corrected chi connectivity index (χ4v) is 2.00. The second kappa shape index (κ2) is 7.65. The Balaban J connectivity index is 2.46. The van der Waals surface area contributed by atoms with Crippen LogP contribution in [-0.4, -0.2) is 11.6 Å². The van der Waals surface area contributed by atoms with Gasteiger partial charge in [-0.2, -0.15) is 8.78 Å². The molecule has 3 nitrogen and oxygen atoms in total. The molecule has 0 radical (unpaired) electrons. The van der Waals surface area contributed by atoms with Crippen molar-refractivity contribution < 1.29 is 31.8 Å². The monoisotopic (exact) mass is 380 g/mol. The predicted octanol–water partition coefficient (Wildman–Crippen LogP) is 5.80. The maximum absolute atomic E-state index is 14.3. The second-order valence-corrected chi connectivity index (χ2v) is 6.03. The SMILES string of the molecule is C=Cc1ccc(Oc2c(F)c(F)c(C(=O)OC(C)(C)C=C)c(F)c2F)cc1. The minimum Gasteiger partial charge on any atom is -0.452 e. The highest BCUT2D eigenvalue weighted by molar-refractivity contribution is 5.90. The molecule has 0 amide bonds. The van der Waals surface area contributed by atoms with Crippen molar-refractivity contribution in [3.63, 3.8) is 0 Å². The summed E-state index contributed by atoms with van der Waals surface area (Å²) in [5.41, 5.74) is -2.09. The molecule has 0 heterocycles. The maximum Gasteiger partial charge on any atom is 0.345 e. The van der Waals surface area contributed by atoms with Gasteiger partial charge in [0.2, 0.25) is 17.4 Å². The number of esters is 1. The van der Waals surface area contributed by atoms with Gasteiger partial charge in [0.25, 0.3) is 0 Å². The van der Waals surface area contributed by atoms with Crippen molar-refractivity contribution in [3.05, 3.63) is 77.9 Å². The molecule has 0 aliphatic carbocycles. The molecule has 0 aliphatic rings. The van der Waals surface area contributed by atoms with E-state index >= 15 is 0 Å². The van der Waals surface area contributed by atoms with Crippen molar-refractivity contribution in [3.8, 4) is 11.5 Å². The first-order chi connectivity index (χ1) is 12.6. The van der Waals surface area contributed by atoms with Crippen LogP contribution in [0.4, 0.5) is 17.6 Å². The first kappa shape index (κ1) is 20.2. The second-order valence-electron chi connectivity index (χ2n) is 6.03. The highest BCUT2D eigenvalue weighted by Gasteiger charge is 2.33. The fraction of sp³-hybridized carbons (Fsp3) is 0.150. The molecule has 2 aromatic carbocycles. The summed E-state index contributed by atoms with van der Waals surface area (Å²) in [6.45, 7) is 9.70. The van der Waals surface area contributed by atoms with Crippen molar-refractivity contribution in [1.82, 2.24) is 0 Å². The molecule has 0 N–H and O–H groups in total. The summed E-state index contributed by atoms with van der Waals surface area (Å²) < 4.78 is 66.8. The van der Waals surface area contributed by atoms with Crippen LogP contribution in [0.15, 0.2) is 43.5 Å². The molecule has 0 unspecified atom stereocenters. The Morgan fingerprint density at radius 2 is 1.48 bits per heavy atom. The van der Waals surface area contributed by atoms with Crippen LogP contribution in [0.1, 0.15) is 29.8 Å². The van der Waals surface area contributed by atoms with E-state index in [1.807, 2.05) is 0 Å². The Kier molecular flexibility index (Phi) is 5.73. The number of ether oxygens (including phenoxy) is 2. The number of rotatable bonds is 6. The molecule has 27 heavy (non-hydrogen) atoms. The van der Waals surface area contributed by atoms with E-state index in [2.05, 4.69) is 13.2 Å². The van der Waals surface area contributed by atoms with Crippen LogP contribution >= 0.6 is 0 Å². The Bertz CT molecular complexity index is 873. The molecule has 0 fully saturated rings. The average molecular weight is 380 g/mol. The minimum absolute atomic E-state index is 0.0692. The van der Waals surface area contributed by atoms with E-state index in [4.69, 9.17) is 9.47 Å². The zero-order valence-corrected chi connectivity index (χ0v) is 14.6. The van der Waals surface area contributed by atoms with E-state index in [0.717, 1.165) is 0 Å². The summed E-state index contributed by atoms with van der Waals surface area (Å²) in [7, 11) is 0. The number of hydrogen-bond acceptors (Lipinski definition) is 3. The quantitative estimate of drug-likeness (QED) is 0.275. The summed E-state index contributed by atoms with van der Waals surface area (Å²) >= 11 is 0. The van der Waals surface area contributed by atoms with Gasteiger partial charge in [-0.15, -0.1) is 0 Å². The van der Waals surface area contributed by atoms with Crippen LogP contribution < -0.4 is 4.74 Å². The minimum atomic E-state index is -1.92. The topological polar surface area (TPSA) is 35.5 Å². The van der Waals surface area contributed by atoms with Crippen LogP contribution in [0.5, 0.6) is 11.5 Å². The van der Waals surface area contributed by atoms with Gasteiger partial charge in [-0.1, -0.05) is 31.4 Å². The molecule has 142 valence electrons. The zero-order valence-electron chi connectivity index (χ0n) is 14.6. The van der Waals surface area contributed by atoms with E-state index in [1.54, 1.807) is 0 Å². The molecule has 2 aromatic rings. The van der Waals surface area contributed by atoms with Crippen molar-refractivity contribution in [1.29, 1.82) is 0 Å². The largest absolute Gasteiger partial charge is 0.452 e. The summed E-state index contributed by atoms with van der Waals surface area (Å²) in [6, 6.07) is 5.71. The van der Waals surface area contributed by atoms with Gasteiger partial charge in [-0.3, -0.25) is 0 Å². The normalized spacial score (nSPS) is 11.0. The van der Waals surface area contributed by atoms with Crippen LogP contribution in [0.2, 0.25) is 0 Å². The third kappa shape index (κ3) is 4.19. The maximum atomic E-state index is 14.3. The van der Waals surface area contributed by atoms with Crippen molar-refractivity contribution in [2.45, 2.75) is 19.4 Å². The van der Waals surface area contributed by atoms with Crippen molar-refractivity contribution in [2.75, 3.05) is 0 Å². The lowest BCUT2D eigenvalue weighted by Gasteiger charge is -2.21. The van der Waals surface area contributed by atoms with Crippen LogP contribution in [-0.2, 0) is 4.74 Å². The third-order valence-electron chi connectivity index (χ3n) is 3.61. The molecule has 7 heteroatoms. The van der Waals surface area contributed by atoms with E-state index in [0.29, 0.717) is 5.56 Å². The number of hydrogen-bond donors (Lipinski definition) is 0. The Hall–Kier alpha value is -3.09. The molecule has 0 saturated carbocycles. The standard InChI is InChI=1S/C20H16F4O3/c1-5-11-7-9-12(10-8-11)26-18-16(23)14(21)13(15(22)17(18)24)19(25)27-20(3,4)6-2/h5-10H,1-2H2,3-4H3. The molecular formula is C20H16F4O3. The van der Waals surface area contributed by atoms with Gasteiger partial charge < -0.3 is 9.47 Å². The lowest BCUT2D eigenvalue weighted by molar-refractivity contribution is 0.0161. The summed E-state index contributed by atoms with van der Waals surface area (Å²) in [5, 5.41) is 0. The van der Waals surface area contributed by atoms with Crippen LogP contribution in [0, 0.1) is 23.3 Å². The molecule has 0 aromatic heterocycles. The number of benzene rings is 2. The molecule has 0 saturated heterocycles. The number of halogens is 4.